The maximum absolute atomic E-state index is 12.4. The quantitative estimate of drug-likeness (QED) is 0.812. The molecule has 17 heavy (non-hydrogen) atoms. The molecule has 0 aliphatic carbocycles. The van der Waals surface area contributed by atoms with E-state index in [1.165, 1.54) is 0 Å². The molecule has 0 aromatic heterocycles. The van der Waals surface area contributed by atoms with Gasteiger partial charge in [-0.25, -0.2) is 8.42 Å². The van der Waals surface area contributed by atoms with Crippen molar-refractivity contribution in [3.8, 4) is 0 Å². The average Bonchev–Trinajstić information content (AvgIpc) is 2.30. The van der Waals surface area contributed by atoms with Gasteiger partial charge in [-0.15, -0.1) is 0 Å². The number of nitrogens with zero attached hydrogens (tertiary/aromatic N) is 1. The zero-order valence-corrected chi connectivity index (χ0v) is 11.2. The molecule has 0 N–H and O–H groups in total. The Morgan fingerprint density at radius 3 is 2.41 bits per heavy atom. The highest BCUT2D eigenvalue weighted by Crippen LogP contribution is 2.25. The second-order valence-electron chi connectivity index (χ2n) is 4.77. The van der Waals surface area contributed by atoms with Crippen LogP contribution in [0.5, 0.6) is 0 Å². The monoisotopic (exact) mass is 253 g/mol. The van der Waals surface area contributed by atoms with E-state index in [0.29, 0.717) is 11.4 Å². The van der Waals surface area contributed by atoms with Crippen molar-refractivity contribution in [1.29, 1.82) is 0 Å². The molecule has 0 radical (unpaired) electrons. The van der Waals surface area contributed by atoms with Crippen LogP contribution in [0.2, 0.25) is 0 Å². The van der Waals surface area contributed by atoms with E-state index >= 15 is 0 Å². The standard InChI is InChI=1S/C13H19NO2S/c1-11-6-8-13(9-7-11)17(15,16)14-10-4-3-5-12(14)2/h6-9,12H,3-5,10H2,1-2H3/t12-/m1/s1. The van der Waals surface area contributed by atoms with Gasteiger partial charge in [0.2, 0.25) is 10.0 Å². The SMILES string of the molecule is Cc1ccc(S(=O)(=O)N2CCCC[C@H]2C)cc1. The Hall–Kier alpha value is -0.870. The van der Waals surface area contributed by atoms with Crippen molar-refractivity contribution >= 4 is 10.0 Å². The van der Waals surface area contributed by atoms with Crippen molar-refractivity contribution in [2.75, 3.05) is 6.54 Å². The molecule has 1 saturated heterocycles. The minimum absolute atomic E-state index is 0.120. The fourth-order valence-corrected chi connectivity index (χ4v) is 3.97. The molecule has 3 nitrogen and oxygen atoms in total. The normalized spacial score (nSPS) is 22.6. The van der Waals surface area contributed by atoms with Gasteiger partial charge in [-0.05, 0) is 38.8 Å². The van der Waals surface area contributed by atoms with Crippen LogP contribution < -0.4 is 0 Å². The second kappa shape index (κ2) is 4.78. The number of hydrogen-bond acceptors (Lipinski definition) is 2. The van der Waals surface area contributed by atoms with Gasteiger partial charge in [0.05, 0.1) is 4.90 Å². The Balaban J connectivity index is 2.32. The molecule has 1 aliphatic rings. The first kappa shape index (κ1) is 12.6. The third-order valence-electron chi connectivity index (χ3n) is 3.37. The fraction of sp³-hybridized carbons (Fsp3) is 0.538. The predicted octanol–water partition coefficient (Wildman–Crippen LogP) is 2.56. The van der Waals surface area contributed by atoms with E-state index in [2.05, 4.69) is 0 Å². The van der Waals surface area contributed by atoms with Gasteiger partial charge in [0.25, 0.3) is 0 Å². The number of hydrogen-bond donors (Lipinski definition) is 0. The Kier molecular flexibility index (Phi) is 3.54. The molecule has 0 unspecified atom stereocenters. The van der Waals surface area contributed by atoms with Gasteiger partial charge < -0.3 is 0 Å². The highest BCUT2D eigenvalue weighted by molar-refractivity contribution is 7.89. The summed E-state index contributed by atoms with van der Waals surface area (Å²) in [4.78, 5) is 0.414. The molecule has 1 heterocycles. The topological polar surface area (TPSA) is 37.4 Å². The number of sulfonamides is 1. The van der Waals surface area contributed by atoms with Crippen molar-refractivity contribution < 1.29 is 8.42 Å². The summed E-state index contributed by atoms with van der Waals surface area (Å²) >= 11 is 0. The highest BCUT2D eigenvalue weighted by atomic mass is 32.2. The molecule has 94 valence electrons. The second-order valence-corrected chi connectivity index (χ2v) is 6.66. The lowest BCUT2D eigenvalue weighted by atomic mass is 10.1. The van der Waals surface area contributed by atoms with Crippen LogP contribution in [-0.4, -0.2) is 25.3 Å². The third kappa shape index (κ3) is 2.53. The maximum Gasteiger partial charge on any atom is 0.243 e. The Morgan fingerprint density at radius 2 is 1.82 bits per heavy atom. The van der Waals surface area contributed by atoms with Crippen LogP contribution in [0.3, 0.4) is 0 Å². The van der Waals surface area contributed by atoms with Gasteiger partial charge in [-0.1, -0.05) is 24.1 Å². The summed E-state index contributed by atoms with van der Waals surface area (Å²) in [6.07, 6.45) is 3.06. The first-order chi connectivity index (χ1) is 8.01. The summed E-state index contributed by atoms with van der Waals surface area (Å²) in [7, 11) is -3.29. The predicted molar refractivity (Wildman–Crippen MR) is 68.4 cm³/mol. The molecule has 0 spiro atoms. The molecular formula is C13H19NO2S. The van der Waals surface area contributed by atoms with Crippen LogP contribution in [-0.2, 0) is 10.0 Å². The molecule has 1 fully saturated rings. The fourth-order valence-electron chi connectivity index (χ4n) is 2.27. The summed E-state index contributed by atoms with van der Waals surface area (Å²) < 4.78 is 26.5. The van der Waals surface area contributed by atoms with E-state index in [0.717, 1.165) is 24.8 Å². The van der Waals surface area contributed by atoms with Crippen LogP contribution in [0.15, 0.2) is 29.2 Å². The highest BCUT2D eigenvalue weighted by Gasteiger charge is 2.30. The molecule has 1 aliphatic heterocycles. The zero-order chi connectivity index (χ0) is 12.5. The van der Waals surface area contributed by atoms with E-state index in [-0.39, 0.29) is 6.04 Å². The van der Waals surface area contributed by atoms with Crippen LogP contribution in [0, 0.1) is 6.92 Å². The summed E-state index contributed by atoms with van der Waals surface area (Å²) in [6, 6.07) is 7.22. The summed E-state index contributed by atoms with van der Waals surface area (Å²) in [6.45, 7) is 4.60. The Labute approximate surface area is 104 Å². The largest absolute Gasteiger partial charge is 0.243 e. The molecule has 1 aromatic carbocycles. The van der Waals surface area contributed by atoms with Crippen molar-refractivity contribution in [1.82, 2.24) is 4.31 Å². The van der Waals surface area contributed by atoms with Gasteiger partial charge in [-0.3, -0.25) is 0 Å². The number of benzene rings is 1. The van der Waals surface area contributed by atoms with E-state index in [1.807, 2.05) is 26.0 Å². The average molecular weight is 253 g/mol. The summed E-state index contributed by atoms with van der Waals surface area (Å²) in [5, 5.41) is 0. The maximum atomic E-state index is 12.4. The summed E-state index contributed by atoms with van der Waals surface area (Å²) in [5.74, 6) is 0. The van der Waals surface area contributed by atoms with Crippen molar-refractivity contribution in [2.24, 2.45) is 0 Å². The number of rotatable bonds is 2. The summed E-state index contributed by atoms with van der Waals surface area (Å²) in [5.41, 5.74) is 1.08. The molecule has 0 saturated carbocycles. The third-order valence-corrected chi connectivity index (χ3v) is 5.40. The van der Waals surface area contributed by atoms with Crippen molar-refractivity contribution in [2.45, 2.75) is 44.0 Å². The molecule has 2 rings (SSSR count). The van der Waals surface area contributed by atoms with Gasteiger partial charge in [0, 0.05) is 12.6 Å². The molecular weight excluding hydrogens is 234 g/mol. The van der Waals surface area contributed by atoms with Crippen molar-refractivity contribution in [3.05, 3.63) is 29.8 Å². The zero-order valence-electron chi connectivity index (χ0n) is 10.4. The smallest absolute Gasteiger partial charge is 0.207 e. The molecule has 1 aromatic rings. The minimum Gasteiger partial charge on any atom is -0.207 e. The van der Waals surface area contributed by atoms with Gasteiger partial charge in [0.15, 0.2) is 0 Å². The molecule has 1 atom stereocenters. The van der Waals surface area contributed by atoms with Crippen LogP contribution in [0.4, 0.5) is 0 Å². The van der Waals surface area contributed by atoms with E-state index in [9.17, 15) is 8.42 Å². The van der Waals surface area contributed by atoms with E-state index in [4.69, 9.17) is 0 Å². The Morgan fingerprint density at radius 1 is 1.18 bits per heavy atom. The van der Waals surface area contributed by atoms with Crippen LogP contribution >= 0.6 is 0 Å². The molecule has 4 heteroatoms. The molecule has 0 amide bonds. The van der Waals surface area contributed by atoms with Gasteiger partial charge in [0.1, 0.15) is 0 Å². The van der Waals surface area contributed by atoms with E-state index in [1.54, 1.807) is 16.4 Å². The van der Waals surface area contributed by atoms with Gasteiger partial charge in [-0.2, -0.15) is 4.31 Å². The molecule has 0 bridgehead atoms. The van der Waals surface area contributed by atoms with E-state index < -0.39 is 10.0 Å². The lowest BCUT2D eigenvalue weighted by molar-refractivity contribution is 0.268. The van der Waals surface area contributed by atoms with Gasteiger partial charge >= 0.3 is 0 Å². The first-order valence-electron chi connectivity index (χ1n) is 6.10. The number of aryl methyl sites for hydroxylation is 1. The van der Waals surface area contributed by atoms with Crippen LogP contribution in [0.1, 0.15) is 31.7 Å². The Bertz CT molecular complexity index is 479. The number of piperidine rings is 1. The van der Waals surface area contributed by atoms with Crippen molar-refractivity contribution in [3.63, 3.8) is 0 Å². The van der Waals surface area contributed by atoms with Crippen LogP contribution in [0.25, 0.3) is 0 Å². The lowest BCUT2D eigenvalue weighted by Gasteiger charge is -2.32. The lowest BCUT2D eigenvalue weighted by Crippen LogP contribution is -2.41. The minimum atomic E-state index is -3.29. The first-order valence-corrected chi connectivity index (χ1v) is 7.54.